The Morgan fingerprint density at radius 3 is 2.78 bits per heavy atom. The first-order chi connectivity index (χ1) is 8.54. The minimum Gasteiger partial charge on any atom is -0.481 e. The van der Waals surface area contributed by atoms with Gasteiger partial charge in [-0.3, -0.25) is 4.79 Å². The number of para-hydroxylation sites is 1. The Balaban J connectivity index is 1.82. The molecule has 18 heavy (non-hydrogen) atoms. The van der Waals surface area contributed by atoms with E-state index < -0.39 is 11.4 Å². The van der Waals surface area contributed by atoms with Crippen LogP contribution in [0.3, 0.4) is 0 Å². The highest BCUT2D eigenvalue weighted by atomic mass is 19.1. The fourth-order valence-corrected chi connectivity index (χ4v) is 1.86. The van der Waals surface area contributed by atoms with E-state index in [-0.39, 0.29) is 18.3 Å². The van der Waals surface area contributed by atoms with Crippen LogP contribution in [0.15, 0.2) is 24.3 Å². The van der Waals surface area contributed by atoms with Crippen molar-refractivity contribution in [3.05, 3.63) is 30.1 Å². The summed E-state index contributed by atoms with van der Waals surface area (Å²) in [6.07, 6.45) is 0.616. The highest BCUT2D eigenvalue weighted by molar-refractivity contribution is 5.79. The molecule has 0 saturated carbocycles. The summed E-state index contributed by atoms with van der Waals surface area (Å²) in [6, 6.07) is 5.95. The first-order valence-corrected chi connectivity index (χ1v) is 5.91. The van der Waals surface area contributed by atoms with E-state index >= 15 is 0 Å². The zero-order valence-corrected chi connectivity index (χ0v) is 10.2. The second-order valence-electron chi connectivity index (χ2n) is 4.55. The molecule has 0 unspecified atom stereocenters. The summed E-state index contributed by atoms with van der Waals surface area (Å²) in [6.45, 7) is 2.31. The van der Waals surface area contributed by atoms with Gasteiger partial charge in [0.15, 0.2) is 18.2 Å². The van der Waals surface area contributed by atoms with E-state index in [0.29, 0.717) is 19.5 Å². The summed E-state index contributed by atoms with van der Waals surface area (Å²) in [5.41, 5.74) is -0.756. The second kappa shape index (κ2) is 4.94. The van der Waals surface area contributed by atoms with Crippen LogP contribution in [0, 0.1) is 5.82 Å². The lowest BCUT2D eigenvalue weighted by atomic mass is 9.91. The molecule has 0 aromatic heterocycles. The molecular weight excluding hydrogens is 237 g/mol. The fraction of sp³-hybridized carbons (Fsp3) is 0.462. The van der Waals surface area contributed by atoms with Crippen molar-refractivity contribution in [1.29, 1.82) is 0 Å². The van der Waals surface area contributed by atoms with Gasteiger partial charge in [-0.15, -0.1) is 0 Å². The zero-order chi connectivity index (χ0) is 13.2. The van der Waals surface area contributed by atoms with Crippen LogP contribution in [0.1, 0.15) is 13.3 Å². The van der Waals surface area contributed by atoms with Crippen LogP contribution in [-0.2, 0) is 4.79 Å². The van der Waals surface area contributed by atoms with E-state index in [1.165, 1.54) is 17.0 Å². The quantitative estimate of drug-likeness (QED) is 0.876. The number of halogens is 1. The molecule has 2 rings (SSSR count). The third-order valence-corrected chi connectivity index (χ3v) is 3.17. The summed E-state index contributed by atoms with van der Waals surface area (Å²) in [5, 5.41) is 9.77. The maximum Gasteiger partial charge on any atom is 0.260 e. The number of hydrogen-bond acceptors (Lipinski definition) is 3. The molecule has 0 aliphatic carbocycles. The van der Waals surface area contributed by atoms with Crippen molar-refractivity contribution in [3.8, 4) is 5.75 Å². The van der Waals surface area contributed by atoms with Gasteiger partial charge in [0.2, 0.25) is 0 Å². The Bertz CT molecular complexity index is 444. The van der Waals surface area contributed by atoms with Gasteiger partial charge < -0.3 is 14.7 Å². The summed E-state index contributed by atoms with van der Waals surface area (Å²) in [7, 11) is 0. The van der Waals surface area contributed by atoms with Crippen molar-refractivity contribution in [3.63, 3.8) is 0 Å². The van der Waals surface area contributed by atoms with E-state index in [4.69, 9.17) is 4.74 Å². The minimum absolute atomic E-state index is 0.0668. The van der Waals surface area contributed by atoms with E-state index in [9.17, 15) is 14.3 Å². The summed E-state index contributed by atoms with van der Waals surface area (Å²) in [4.78, 5) is 13.2. The lowest BCUT2D eigenvalue weighted by molar-refractivity contribution is -0.157. The number of benzene rings is 1. The van der Waals surface area contributed by atoms with Crippen LogP contribution in [0.25, 0.3) is 0 Å². The maximum atomic E-state index is 13.2. The minimum atomic E-state index is -0.756. The highest BCUT2D eigenvalue weighted by Crippen LogP contribution is 2.24. The highest BCUT2D eigenvalue weighted by Gasteiger charge is 2.41. The molecule has 0 radical (unpaired) electrons. The molecule has 4 nitrogen and oxygen atoms in total. The Labute approximate surface area is 105 Å². The van der Waals surface area contributed by atoms with Crippen molar-refractivity contribution < 1.29 is 19.0 Å². The van der Waals surface area contributed by atoms with E-state index in [1.54, 1.807) is 12.1 Å². The van der Waals surface area contributed by atoms with Gasteiger partial charge in [-0.1, -0.05) is 19.1 Å². The normalized spacial score (nSPS) is 17.2. The van der Waals surface area contributed by atoms with Crippen LogP contribution in [0.5, 0.6) is 5.75 Å². The summed E-state index contributed by atoms with van der Waals surface area (Å²) in [5.74, 6) is -0.660. The Kier molecular flexibility index (Phi) is 3.52. The smallest absolute Gasteiger partial charge is 0.260 e. The van der Waals surface area contributed by atoms with E-state index in [2.05, 4.69) is 0 Å². The number of rotatable bonds is 4. The van der Waals surface area contributed by atoms with Crippen molar-refractivity contribution in [2.75, 3.05) is 19.7 Å². The third-order valence-electron chi connectivity index (χ3n) is 3.17. The SMILES string of the molecule is CCC1(O)CN(C(=O)COc2ccccc2F)C1. The Morgan fingerprint density at radius 2 is 2.17 bits per heavy atom. The maximum absolute atomic E-state index is 13.2. The van der Waals surface area contributed by atoms with E-state index in [0.717, 1.165) is 0 Å². The number of carbonyl (C=O) groups excluding carboxylic acids is 1. The van der Waals surface area contributed by atoms with Gasteiger partial charge in [-0.25, -0.2) is 4.39 Å². The zero-order valence-electron chi connectivity index (χ0n) is 10.2. The molecule has 1 heterocycles. The molecule has 1 aliphatic heterocycles. The van der Waals surface area contributed by atoms with Gasteiger partial charge in [0.05, 0.1) is 18.7 Å². The lowest BCUT2D eigenvalue weighted by Crippen LogP contribution is -2.63. The standard InChI is InChI=1S/C13H16FNO3/c1-2-13(17)8-15(9-13)12(16)7-18-11-6-4-3-5-10(11)14/h3-6,17H,2,7-9H2,1H3. The summed E-state index contributed by atoms with van der Waals surface area (Å²) >= 11 is 0. The predicted octanol–water partition coefficient (Wildman–Crippen LogP) is 1.19. The Morgan fingerprint density at radius 1 is 1.50 bits per heavy atom. The molecule has 0 spiro atoms. The molecule has 1 N–H and O–H groups in total. The molecule has 98 valence electrons. The van der Waals surface area contributed by atoms with Gasteiger partial charge in [0.25, 0.3) is 5.91 Å². The van der Waals surface area contributed by atoms with Crippen LogP contribution < -0.4 is 4.74 Å². The monoisotopic (exact) mass is 253 g/mol. The topological polar surface area (TPSA) is 49.8 Å². The lowest BCUT2D eigenvalue weighted by Gasteiger charge is -2.45. The van der Waals surface area contributed by atoms with Gasteiger partial charge in [-0.2, -0.15) is 0 Å². The average molecular weight is 253 g/mol. The molecule has 0 bridgehead atoms. The molecule has 1 saturated heterocycles. The molecule has 1 aliphatic rings. The van der Waals surface area contributed by atoms with Crippen molar-refractivity contribution >= 4 is 5.91 Å². The van der Waals surface area contributed by atoms with Gasteiger partial charge in [0, 0.05) is 0 Å². The van der Waals surface area contributed by atoms with Crippen molar-refractivity contribution in [2.45, 2.75) is 18.9 Å². The van der Waals surface area contributed by atoms with Crippen LogP contribution in [0.2, 0.25) is 0 Å². The fourth-order valence-electron chi connectivity index (χ4n) is 1.86. The number of hydrogen-bond donors (Lipinski definition) is 1. The van der Waals surface area contributed by atoms with Crippen molar-refractivity contribution in [2.24, 2.45) is 0 Å². The molecule has 1 aromatic carbocycles. The first kappa shape index (κ1) is 12.8. The number of ether oxygens (including phenoxy) is 1. The van der Waals surface area contributed by atoms with Crippen LogP contribution in [0.4, 0.5) is 4.39 Å². The Hall–Kier alpha value is -1.62. The number of nitrogens with zero attached hydrogens (tertiary/aromatic N) is 1. The number of β-amino-alcohol motifs (C(OH)–C–C–N with tert-alkyl or cyclic N) is 1. The van der Waals surface area contributed by atoms with Crippen molar-refractivity contribution in [1.82, 2.24) is 4.90 Å². The van der Waals surface area contributed by atoms with Gasteiger partial charge in [-0.05, 0) is 18.6 Å². The number of likely N-dealkylation sites (tertiary alicyclic amines) is 1. The third kappa shape index (κ3) is 2.61. The molecule has 1 fully saturated rings. The molecule has 0 atom stereocenters. The second-order valence-corrected chi connectivity index (χ2v) is 4.55. The molecule has 1 aromatic rings. The molecular formula is C13H16FNO3. The predicted molar refractivity (Wildman–Crippen MR) is 63.7 cm³/mol. The van der Waals surface area contributed by atoms with Gasteiger partial charge >= 0.3 is 0 Å². The van der Waals surface area contributed by atoms with Gasteiger partial charge in [0.1, 0.15) is 0 Å². The number of carbonyl (C=O) groups is 1. The average Bonchev–Trinajstić information content (AvgIpc) is 2.33. The molecule has 5 heteroatoms. The van der Waals surface area contributed by atoms with Crippen LogP contribution in [-0.4, -0.2) is 41.2 Å². The number of amides is 1. The van der Waals surface area contributed by atoms with E-state index in [1.807, 2.05) is 6.92 Å². The largest absolute Gasteiger partial charge is 0.481 e. The summed E-state index contributed by atoms with van der Waals surface area (Å²) < 4.78 is 18.3. The molecule has 1 amide bonds. The van der Waals surface area contributed by atoms with Crippen LogP contribution >= 0.6 is 0 Å². The number of aliphatic hydroxyl groups is 1. The first-order valence-electron chi connectivity index (χ1n) is 5.91.